The molecule has 3 rings (SSSR count). The lowest BCUT2D eigenvalue weighted by atomic mass is 9.79. The van der Waals surface area contributed by atoms with Crippen LogP contribution in [0.25, 0.3) is 0 Å². The van der Waals surface area contributed by atoms with Crippen LogP contribution in [0.2, 0.25) is 0 Å². The van der Waals surface area contributed by atoms with Gasteiger partial charge in [-0.25, -0.2) is 0 Å². The van der Waals surface area contributed by atoms with Gasteiger partial charge in [-0.1, -0.05) is 19.8 Å². The molecule has 0 saturated carbocycles. The third-order valence-corrected chi connectivity index (χ3v) is 5.40. The number of rotatable bonds is 2. The molecule has 0 aromatic rings. The minimum atomic E-state index is 0.925. The highest BCUT2D eigenvalue weighted by Gasteiger charge is 2.36. The van der Waals surface area contributed by atoms with E-state index in [9.17, 15) is 0 Å². The van der Waals surface area contributed by atoms with Crippen LogP contribution in [-0.4, -0.2) is 48.6 Å². The zero-order valence-corrected chi connectivity index (χ0v) is 12.1. The van der Waals surface area contributed by atoms with E-state index < -0.39 is 0 Å². The molecule has 3 fully saturated rings. The number of hydrogen-bond donors (Lipinski definition) is 0. The van der Waals surface area contributed by atoms with Gasteiger partial charge in [0.2, 0.25) is 0 Å². The summed E-state index contributed by atoms with van der Waals surface area (Å²) in [5.41, 5.74) is 0. The maximum absolute atomic E-state index is 2.83. The maximum atomic E-state index is 2.83. The average Bonchev–Trinajstić information content (AvgIpc) is 2.40. The third-order valence-electron chi connectivity index (χ3n) is 5.40. The van der Waals surface area contributed by atoms with Crippen molar-refractivity contribution in [3.05, 3.63) is 0 Å². The van der Waals surface area contributed by atoms with Crippen LogP contribution in [0.3, 0.4) is 0 Å². The van der Waals surface area contributed by atoms with Gasteiger partial charge < -0.3 is 4.90 Å². The third kappa shape index (κ3) is 2.91. The van der Waals surface area contributed by atoms with E-state index in [0.29, 0.717) is 0 Å². The molecule has 0 radical (unpaired) electrons. The molecule has 0 aromatic heterocycles. The highest BCUT2D eigenvalue weighted by molar-refractivity contribution is 4.91. The van der Waals surface area contributed by atoms with Gasteiger partial charge in [0, 0.05) is 19.1 Å². The Morgan fingerprint density at radius 2 is 1.72 bits per heavy atom. The molecule has 0 aromatic carbocycles. The molecule has 0 N–H and O–H groups in total. The molecule has 3 aliphatic heterocycles. The first kappa shape index (κ1) is 12.9. The Morgan fingerprint density at radius 1 is 0.944 bits per heavy atom. The number of fused-ring (bicyclic) bond motifs is 1. The molecule has 2 nitrogen and oxygen atoms in total. The molecule has 0 spiro atoms. The molecule has 18 heavy (non-hydrogen) atoms. The van der Waals surface area contributed by atoms with Gasteiger partial charge in [0.1, 0.15) is 0 Å². The second-order valence-electron chi connectivity index (χ2n) is 7.02. The summed E-state index contributed by atoms with van der Waals surface area (Å²) in [6.45, 7) is 9.36. The SMILES string of the molecule is CC1CC(CN2CCCCC2)C2CCCCN2C1. The second-order valence-corrected chi connectivity index (χ2v) is 7.02. The fourth-order valence-electron chi connectivity index (χ4n) is 4.60. The van der Waals surface area contributed by atoms with Crippen molar-refractivity contribution in [2.75, 3.05) is 32.7 Å². The van der Waals surface area contributed by atoms with E-state index >= 15 is 0 Å². The summed E-state index contributed by atoms with van der Waals surface area (Å²) < 4.78 is 0. The summed E-state index contributed by atoms with van der Waals surface area (Å²) in [5, 5.41) is 0. The molecule has 3 atom stereocenters. The van der Waals surface area contributed by atoms with Crippen molar-refractivity contribution in [1.82, 2.24) is 9.80 Å². The number of hydrogen-bond acceptors (Lipinski definition) is 2. The van der Waals surface area contributed by atoms with Gasteiger partial charge in [-0.3, -0.25) is 4.90 Å². The Balaban J connectivity index is 1.60. The predicted octanol–water partition coefficient (Wildman–Crippen LogP) is 2.98. The van der Waals surface area contributed by atoms with Crippen molar-refractivity contribution in [3.63, 3.8) is 0 Å². The van der Waals surface area contributed by atoms with Crippen LogP contribution in [-0.2, 0) is 0 Å². The van der Waals surface area contributed by atoms with E-state index in [-0.39, 0.29) is 0 Å². The minimum Gasteiger partial charge on any atom is -0.303 e. The normalized spacial score (nSPS) is 39.5. The predicted molar refractivity (Wildman–Crippen MR) is 76.8 cm³/mol. The van der Waals surface area contributed by atoms with Crippen molar-refractivity contribution < 1.29 is 0 Å². The first-order chi connectivity index (χ1) is 8.83. The second kappa shape index (κ2) is 5.92. The van der Waals surface area contributed by atoms with Crippen LogP contribution < -0.4 is 0 Å². The molecule has 3 heterocycles. The Morgan fingerprint density at radius 3 is 2.56 bits per heavy atom. The van der Waals surface area contributed by atoms with Crippen molar-refractivity contribution in [1.29, 1.82) is 0 Å². The van der Waals surface area contributed by atoms with Crippen LogP contribution in [0.1, 0.15) is 51.9 Å². The standard InChI is InChI=1S/C16H30N2/c1-14-11-15(13-17-8-4-2-5-9-17)16-7-3-6-10-18(16)12-14/h14-16H,2-13H2,1H3. The van der Waals surface area contributed by atoms with E-state index in [4.69, 9.17) is 0 Å². The summed E-state index contributed by atoms with van der Waals surface area (Å²) in [6.07, 6.45) is 10.2. The van der Waals surface area contributed by atoms with Crippen LogP contribution >= 0.6 is 0 Å². The molecular formula is C16H30N2. The molecule has 2 heteroatoms. The van der Waals surface area contributed by atoms with Gasteiger partial charge in [0.05, 0.1) is 0 Å². The Bertz CT molecular complexity index is 260. The first-order valence-corrected chi connectivity index (χ1v) is 8.29. The zero-order chi connectivity index (χ0) is 12.4. The van der Waals surface area contributed by atoms with Crippen molar-refractivity contribution in [3.8, 4) is 0 Å². The van der Waals surface area contributed by atoms with Gasteiger partial charge in [0.25, 0.3) is 0 Å². The molecule has 104 valence electrons. The van der Waals surface area contributed by atoms with Gasteiger partial charge in [0.15, 0.2) is 0 Å². The fraction of sp³-hybridized carbons (Fsp3) is 1.00. The highest BCUT2D eigenvalue weighted by atomic mass is 15.2. The van der Waals surface area contributed by atoms with E-state index in [0.717, 1.165) is 17.9 Å². The molecule has 3 saturated heterocycles. The van der Waals surface area contributed by atoms with E-state index in [1.807, 2.05) is 0 Å². The topological polar surface area (TPSA) is 6.48 Å². The summed E-state index contributed by atoms with van der Waals surface area (Å²) >= 11 is 0. The monoisotopic (exact) mass is 250 g/mol. The van der Waals surface area contributed by atoms with Gasteiger partial charge >= 0.3 is 0 Å². The number of likely N-dealkylation sites (tertiary alicyclic amines) is 1. The molecule has 3 aliphatic rings. The minimum absolute atomic E-state index is 0.925. The van der Waals surface area contributed by atoms with Crippen molar-refractivity contribution >= 4 is 0 Å². The van der Waals surface area contributed by atoms with Crippen LogP contribution in [0.5, 0.6) is 0 Å². The first-order valence-electron chi connectivity index (χ1n) is 8.29. The molecule has 0 aliphatic carbocycles. The van der Waals surface area contributed by atoms with Crippen LogP contribution in [0, 0.1) is 11.8 Å². The van der Waals surface area contributed by atoms with Gasteiger partial charge in [-0.15, -0.1) is 0 Å². The Labute approximate surface area is 113 Å². The lowest BCUT2D eigenvalue weighted by Gasteiger charge is -2.48. The van der Waals surface area contributed by atoms with E-state index in [1.54, 1.807) is 0 Å². The zero-order valence-electron chi connectivity index (χ0n) is 12.1. The number of piperidine rings is 3. The summed E-state index contributed by atoms with van der Waals surface area (Å²) in [6, 6.07) is 0.928. The van der Waals surface area contributed by atoms with E-state index in [2.05, 4.69) is 16.7 Å². The maximum Gasteiger partial charge on any atom is 0.0136 e. The van der Waals surface area contributed by atoms with Crippen molar-refractivity contribution in [2.45, 2.75) is 57.9 Å². The van der Waals surface area contributed by atoms with Gasteiger partial charge in [-0.05, 0) is 63.6 Å². The van der Waals surface area contributed by atoms with Crippen LogP contribution in [0.15, 0.2) is 0 Å². The van der Waals surface area contributed by atoms with Crippen molar-refractivity contribution in [2.24, 2.45) is 11.8 Å². The molecule has 0 amide bonds. The lowest BCUT2D eigenvalue weighted by molar-refractivity contribution is 0.0140. The smallest absolute Gasteiger partial charge is 0.0136 e. The molecule has 0 bridgehead atoms. The quantitative estimate of drug-likeness (QED) is 0.743. The summed E-state index contributed by atoms with van der Waals surface area (Å²) in [7, 11) is 0. The Kier molecular flexibility index (Phi) is 4.25. The number of nitrogens with zero attached hydrogens (tertiary/aromatic N) is 2. The highest BCUT2D eigenvalue weighted by Crippen LogP contribution is 2.34. The molecule has 3 unspecified atom stereocenters. The van der Waals surface area contributed by atoms with Crippen LogP contribution in [0.4, 0.5) is 0 Å². The fourth-order valence-corrected chi connectivity index (χ4v) is 4.60. The average molecular weight is 250 g/mol. The summed E-state index contributed by atoms with van der Waals surface area (Å²) in [4.78, 5) is 5.59. The van der Waals surface area contributed by atoms with E-state index in [1.165, 1.54) is 77.7 Å². The largest absolute Gasteiger partial charge is 0.303 e. The molecular weight excluding hydrogens is 220 g/mol. The Hall–Kier alpha value is -0.0800. The van der Waals surface area contributed by atoms with Gasteiger partial charge in [-0.2, -0.15) is 0 Å². The lowest BCUT2D eigenvalue weighted by Crippen LogP contribution is -2.53. The summed E-state index contributed by atoms with van der Waals surface area (Å²) in [5.74, 6) is 1.89.